The van der Waals surface area contributed by atoms with Crippen LogP contribution < -0.4 is 10.6 Å². The first-order chi connectivity index (χ1) is 7.58. The van der Waals surface area contributed by atoms with Crippen molar-refractivity contribution < 1.29 is 4.79 Å². The van der Waals surface area contributed by atoms with Gasteiger partial charge >= 0.3 is 0 Å². The van der Waals surface area contributed by atoms with Crippen molar-refractivity contribution in [3.05, 3.63) is 23.8 Å². The van der Waals surface area contributed by atoms with E-state index >= 15 is 0 Å². The molecule has 0 saturated carbocycles. The molecule has 1 amide bonds. The third kappa shape index (κ3) is 2.02. The van der Waals surface area contributed by atoms with Gasteiger partial charge in [0.1, 0.15) is 0 Å². The molecule has 1 aromatic rings. The molecular weight excluding hydrogens is 202 g/mol. The van der Waals surface area contributed by atoms with Crippen LogP contribution in [0.15, 0.2) is 18.2 Å². The Morgan fingerprint density at radius 1 is 1.31 bits per heavy atom. The standard InChI is InChI=1S/C12H17N3O/c1-9-3-4-10(7-11(9)13)15-6-5-14(2)8-12(15)16/h3-4,7H,5-6,8,13H2,1-2H3. The van der Waals surface area contributed by atoms with Crippen LogP contribution in [-0.2, 0) is 4.79 Å². The van der Waals surface area contributed by atoms with Crippen LogP contribution in [0.1, 0.15) is 5.56 Å². The predicted octanol–water partition coefficient (Wildman–Crippen LogP) is 0.856. The Kier molecular flexibility index (Phi) is 2.83. The van der Waals surface area contributed by atoms with E-state index in [0.717, 1.165) is 30.0 Å². The smallest absolute Gasteiger partial charge is 0.241 e. The van der Waals surface area contributed by atoms with E-state index in [2.05, 4.69) is 0 Å². The van der Waals surface area contributed by atoms with Crippen molar-refractivity contribution >= 4 is 17.3 Å². The summed E-state index contributed by atoms with van der Waals surface area (Å²) in [5, 5.41) is 0. The van der Waals surface area contributed by atoms with E-state index in [1.54, 1.807) is 4.90 Å². The van der Waals surface area contributed by atoms with E-state index < -0.39 is 0 Å². The molecule has 1 aliphatic heterocycles. The summed E-state index contributed by atoms with van der Waals surface area (Å²) in [7, 11) is 1.96. The van der Waals surface area contributed by atoms with Crippen molar-refractivity contribution in [2.75, 3.05) is 37.3 Å². The Hall–Kier alpha value is -1.55. The minimum Gasteiger partial charge on any atom is -0.398 e. The van der Waals surface area contributed by atoms with Crippen molar-refractivity contribution in [2.24, 2.45) is 0 Å². The van der Waals surface area contributed by atoms with Gasteiger partial charge in [-0.3, -0.25) is 9.69 Å². The number of nitrogens with zero attached hydrogens (tertiary/aromatic N) is 2. The molecule has 0 unspecified atom stereocenters. The minimum absolute atomic E-state index is 0.136. The number of nitrogen functional groups attached to an aromatic ring is 1. The van der Waals surface area contributed by atoms with Crippen LogP contribution in [-0.4, -0.2) is 37.5 Å². The fourth-order valence-corrected chi connectivity index (χ4v) is 1.86. The van der Waals surface area contributed by atoms with Crippen LogP contribution in [0.25, 0.3) is 0 Å². The van der Waals surface area contributed by atoms with Gasteiger partial charge in [-0.05, 0) is 31.7 Å². The van der Waals surface area contributed by atoms with Crippen LogP contribution in [0.4, 0.5) is 11.4 Å². The highest BCUT2D eigenvalue weighted by Gasteiger charge is 2.22. The fraction of sp³-hybridized carbons (Fsp3) is 0.417. The van der Waals surface area contributed by atoms with Gasteiger partial charge in [0.25, 0.3) is 0 Å². The van der Waals surface area contributed by atoms with Gasteiger partial charge in [0.05, 0.1) is 6.54 Å². The van der Waals surface area contributed by atoms with Gasteiger partial charge in [-0.25, -0.2) is 0 Å². The predicted molar refractivity (Wildman–Crippen MR) is 65.4 cm³/mol. The zero-order chi connectivity index (χ0) is 11.7. The summed E-state index contributed by atoms with van der Waals surface area (Å²) >= 11 is 0. The Labute approximate surface area is 95.6 Å². The normalized spacial score (nSPS) is 17.9. The molecule has 1 aliphatic rings. The number of hydrogen-bond acceptors (Lipinski definition) is 3. The number of likely N-dealkylation sites (N-methyl/N-ethyl adjacent to an activating group) is 1. The number of carbonyl (C=O) groups is 1. The zero-order valence-electron chi connectivity index (χ0n) is 9.73. The van der Waals surface area contributed by atoms with Gasteiger partial charge in [-0.2, -0.15) is 0 Å². The minimum atomic E-state index is 0.136. The quantitative estimate of drug-likeness (QED) is 0.713. The molecule has 4 heteroatoms. The topological polar surface area (TPSA) is 49.6 Å². The fourth-order valence-electron chi connectivity index (χ4n) is 1.86. The highest BCUT2D eigenvalue weighted by molar-refractivity contribution is 5.96. The number of aryl methyl sites for hydroxylation is 1. The second-order valence-electron chi connectivity index (χ2n) is 4.32. The maximum atomic E-state index is 11.8. The van der Waals surface area contributed by atoms with Crippen LogP contribution in [0.3, 0.4) is 0 Å². The maximum absolute atomic E-state index is 11.8. The average molecular weight is 219 g/mol. The highest BCUT2D eigenvalue weighted by atomic mass is 16.2. The highest BCUT2D eigenvalue weighted by Crippen LogP contribution is 2.22. The van der Waals surface area contributed by atoms with Crippen LogP contribution in [0.5, 0.6) is 0 Å². The molecule has 0 radical (unpaired) electrons. The third-order valence-electron chi connectivity index (χ3n) is 2.99. The number of nitrogens with two attached hydrogens (primary N) is 1. The first-order valence-corrected chi connectivity index (χ1v) is 5.43. The molecule has 0 aromatic heterocycles. The van der Waals surface area contributed by atoms with Crippen LogP contribution >= 0.6 is 0 Å². The van der Waals surface area contributed by atoms with E-state index in [9.17, 15) is 4.79 Å². The van der Waals surface area contributed by atoms with Crippen molar-refractivity contribution in [1.29, 1.82) is 0 Å². The van der Waals surface area contributed by atoms with Gasteiger partial charge < -0.3 is 10.6 Å². The molecule has 1 saturated heterocycles. The van der Waals surface area contributed by atoms with Crippen LogP contribution in [0.2, 0.25) is 0 Å². The lowest BCUT2D eigenvalue weighted by molar-refractivity contribution is -0.120. The number of amides is 1. The summed E-state index contributed by atoms with van der Waals surface area (Å²) < 4.78 is 0. The van der Waals surface area contributed by atoms with Crippen molar-refractivity contribution in [1.82, 2.24) is 4.90 Å². The third-order valence-corrected chi connectivity index (χ3v) is 2.99. The summed E-state index contributed by atoms with van der Waals surface area (Å²) in [5.74, 6) is 0.136. The van der Waals surface area contributed by atoms with Crippen molar-refractivity contribution in [3.63, 3.8) is 0 Å². The molecule has 2 rings (SSSR count). The second kappa shape index (κ2) is 4.14. The largest absolute Gasteiger partial charge is 0.398 e. The maximum Gasteiger partial charge on any atom is 0.241 e. The Morgan fingerprint density at radius 3 is 2.69 bits per heavy atom. The summed E-state index contributed by atoms with van der Waals surface area (Å²) in [4.78, 5) is 15.7. The first-order valence-electron chi connectivity index (χ1n) is 5.43. The Morgan fingerprint density at radius 2 is 2.06 bits per heavy atom. The SMILES string of the molecule is Cc1ccc(N2CCN(C)CC2=O)cc1N. The van der Waals surface area contributed by atoms with Crippen LogP contribution in [0, 0.1) is 6.92 Å². The molecule has 4 nitrogen and oxygen atoms in total. The lowest BCUT2D eigenvalue weighted by atomic mass is 10.1. The summed E-state index contributed by atoms with van der Waals surface area (Å²) in [6.45, 7) is 4.08. The number of piperazine rings is 1. The van der Waals surface area contributed by atoms with Crippen molar-refractivity contribution in [2.45, 2.75) is 6.92 Å². The number of benzene rings is 1. The van der Waals surface area contributed by atoms with E-state index in [1.165, 1.54) is 0 Å². The molecule has 0 bridgehead atoms. The van der Waals surface area contributed by atoms with Crippen molar-refractivity contribution in [3.8, 4) is 0 Å². The summed E-state index contributed by atoms with van der Waals surface area (Å²) in [6, 6.07) is 5.78. The molecule has 0 spiro atoms. The molecule has 1 aromatic carbocycles. The summed E-state index contributed by atoms with van der Waals surface area (Å²) in [6.07, 6.45) is 0. The van der Waals surface area contributed by atoms with E-state index in [1.807, 2.05) is 37.1 Å². The van der Waals surface area contributed by atoms with E-state index in [-0.39, 0.29) is 5.91 Å². The summed E-state index contributed by atoms with van der Waals surface area (Å²) in [5.41, 5.74) is 8.54. The molecule has 0 aliphatic carbocycles. The zero-order valence-corrected chi connectivity index (χ0v) is 9.73. The number of carbonyl (C=O) groups excluding carboxylic acids is 1. The number of rotatable bonds is 1. The van der Waals surface area contributed by atoms with Gasteiger partial charge in [-0.15, -0.1) is 0 Å². The molecule has 16 heavy (non-hydrogen) atoms. The Balaban J connectivity index is 2.24. The second-order valence-corrected chi connectivity index (χ2v) is 4.32. The molecule has 1 fully saturated rings. The monoisotopic (exact) mass is 219 g/mol. The van der Waals surface area contributed by atoms with Gasteiger partial charge in [0.2, 0.25) is 5.91 Å². The molecular formula is C12H17N3O. The molecule has 0 atom stereocenters. The van der Waals surface area contributed by atoms with E-state index in [4.69, 9.17) is 5.73 Å². The molecule has 86 valence electrons. The van der Waals surface area contributed by atoms with Gasteiger partial charge in [0.15, 0.2) is 0 Å². The number of hydrogen-bond donors (Lipinski definition) is 1. The Bertz CT molecular complexity index is 417. The molecule has 1 heterocycles. The number of anilines is 2. The first kappa shape index (κ1) is 11.0. The average Bonchev–Trinajstić information content (AvgIpc) is 2.22. The molecule has 2 N–H and O–H groups in total. The van der Waals surface area contributed by atoms with Gasteiger partial charge in [0, 0.05) is 24.5 Å². The lowest BCUT2D eigenvalue weighted by Crippen LogP contribution is -2.48. The van der Waals surface area contributed by atoms with Gasteiger partial charge in [-0.1, -0.05) is 6.07 Å². The lowest BCUT2D eigenvalue weighted by Gasteiger charge is -2.32. The van der Waals surface area contributed by atoms with E-state index in [0.29, 0.717) is 6.54 Å².